The number of aryl methyl sites for hydroxylation is 1. The van der Waals surface area contributed by atoms with Crippen LogP contribution in [-0.2, 0) is 27.1 Å². The number of ether oxygens (including phenoxy) is 1. The van der Waals surface area contributed by atoms with Crippen LogP contribution < -0.4 is 14.8 Å². The molecule has 1 aromatic heterocycles. The van der Waals surface area contributed by atoms with E-state index in [1.165, 1.54) is 15.9 Å². The Labute approximate surface area is 199 Å². The number of nitrogens with one attached hydrogen (secondary N) is 2. The summed E-state index contributed by atoms with van der Waals surface area (Å²) in [4.78, 5) is 12.6. The lowest BCUT2D eigenvalue weighted by atomic mass is 10.1. The number of benzene rings is 1. The average Bonchev–Trinajstić information content (AvgIpc) is 3.47. The van der Waals surface area contributed by atoms with Crippen LogP contribution in [0.15, 0.2) is 23.2 Å². The van der Waals surface area contributed by atoms with Crippen molar-refractivity contribution < 1.29 is 39.5 Å². The van der Waals surface area contributed by atoms with Gasteiger partial charge in [-0.15, -0.1) is 0 Å². The van der Waals surface area contributed by atoms with Crippen LogP contribution in [0.2, 0.25) is 0 Å². The minimum atomic E-state index is -4.22. The second kappa shape index (κ2) is 8.21. The molecule has 2 N–H and O–H groups in total. The van der Waals surface area contributed by atoms with Gasteiger partial charge in [-0.05, 0) is 12.8 Å². The third-order valence-electron chi connectivity index (χ3n) is 6.31. The van der Waals surface area contributed by atoms with E-state index in [2.05, 4.69) is 10.0 Å². The number of rotatable bonds is 4. The van der Waals surface area contributed by atoms with Gasteiger partial charge in [0.15, 0.2) is 28.9 Å². The van der Waals surface area contributed by atoms with Gasteiger partial charge in [0.05, 0.1) is 11.9 Å². The zero-order valence-electron chi connectivity index (χ0n) is 18.3. The van der Waals surface area contributed by atoms with Gasteiger partial charge in [-0.25, -0.2) is 34.7 Å². The summed E-state index contributed by atoms with van der Waals surface area (Å²) in [6.45, 7) is -0.0475. The van der Waals surface area contributed by atoms with Crippen molar-refractivity contribution in [3.8, 4) is 5.75 Å². The largest absolute Gasteiger partial charge is 0.489 e. The molecular weight excluding hydrogens is 513 g/mol. The zero-order chi connectivity index (χ0) is 25.3. The lowest BCUT2D eigenvalue weighted by Gasteiger charge is -2.23. The van der Waals surface area contributed by atoms with Crippen molar-refractivity contribution in [2.75, 3.05) is 25.0 Å². The number of sulfonamides is 2. The van der Waals surface area contributed by atoms with Gasteiger partial charge in [0.25, 0.3) is 5.91 Å². The first-order valence-electron chi connectivity index (χ1n) is 10.7. The molecule has 0 unspecified atom stereocenters. The summed E-state index contributed by atoms with van der Waals surface area (Å²) < 4.78 is 103. The second-order valence-electron chi connectivity index (χ2n) is 8.85. The van der Waals surface area contributed by atoms with Crippen LogP contribution in [-0.4, -0.2) is 62.6 Å². The fourth-order valence-electron chi connectivity index (χ4n) is 4.36. The molecule has 1 aliphatic carbocycles. The highest BCUT2D eigenvalue weighted by molar-refractivity contribution is 7.90. The third kappa shape index (κ3) is 4.19. The molecular formula is C20H21F3N4O6S2. The van der Waals surface area contributed by atoms with Gasteiger partial charge >= 0.3 is 0 Å². The molecule has 15 heteroatoms. The van der Waals surface area contributed by atoms with Gasteiger partial charge < -0.3 is 14.6 Å². The summed E-state index contributed by atoms with van der Waals surface area (Å²) in [5.74, 6) is -6.47. The topological polar surface area (TPSA) is 127 Å². The first-order chi connectivity index (χ1) is 16.4. The van der Waals surface area contributed by atoms with Gasteiger partial charge in [0, 0.05) is 56.1 Å². The summed E-state index contributed by atoms with van der Waals surface area (Å²) >= 11 is 0. The molecule has 35 heavy (non-hydrogen) atoms. The Morgan fingerprint density at radius 3 is 2.46 bits per heavy atom. The fraction of sp³-hybridized carbons (Fsp3) is 0.450. The molecule has 1 saturated heterocycles. The van der Waals surface area contributed by atoms with Crippen molar-refractivity contribution in [2.24, 2.45) is 13.0 Å². The molecule has 2 aliphatic heterocycles. The lowest BCUT2D eigenvalue weighted by molar-refractivity contribution is 0.101. The molecule has 1 saturated carbocycles. The SMILES string of the molecule is Cn1cc2c(c1C(=O)Nc1cc(F)c(F)c(F)c1)OC[C@H]1CN(S(=O)(=O)C3CC3)C[C@H]1NS2(=O)=O. The maximum atomic E-state index is 13.5. The highest BCUT2D eigenvalue weighted by atomic mass is 32.2. The lowest BCUT2D eigenvalue weighted by Crippen LogP contribution is -2.43. The number of nitrogens with zero attached hydrogens (tertiary/aromatic N) is 2. The molecule has 2 fully saturated rings. The molecule has 3 aliphatic rings. The molecule has 1 amide bonds. The highest BCUT2D eigenvalue weighted by Gasteiger charge is 2.48. The van der Waals surface area contributed by atoms with E-state index in [-0.39, 0.29) is 41.7 Å². The zero-order valence-corrected chi connectivity index (χ0v) is 19.9. The Kier molecular flexibility index (Phi) is 5.65. The maximum Gasteiger partial charge on any atom is 0.276 e. The van der Waals surface area contributed by atoms with Gasteiger partial charge in [-0.3, -0.25) is 4.79 Å². The van der Waals surface area contributed by atoms with Crippen molar-refractivity contribution in [1.29, 1.82) is 0 Å². The molecule has 3 heterocycles. The first kappa shape index (κ1) is 24.1. The van der Waals surface area contributed by atoms with Crippen LogP contribution in [0, 0.1) is 23.4 Å². The van der Waals surface area contributed by atoms with Crippen molar-refractivity contribution >= 4 is 31.6 Å². The second-order valence-corrected chi connectivity index (χ2v) is 12.7. The standard InChI is InChI=1S/C20H21F3N4O6S2/c1-26-8-16-19(18(26)20(28)24-11-4-13(21)17(23)14(22)5-11)33-9-10-6-27(35(31,32)12-2-3-12)7-15(10)25-34(16,29)30/h4-5,8,10,12,15,25H,2-3,6-7,9H2,1H3,(H,24,28)/t10-,15-/m1/s1. The van der Waals surface area contributed by atoms with Crippen LogP contribution in [0.3, 0.4) is 0 Å². The van der Waals surface area contributed by atoms with Crippen LogP contribution >= 0.6 is 0 Å². The Balaban J connectivity index is 1.44. The Morgan fingerprint density at radius 1 is 1.17 bits per heavy atom. The molecule has 190 valence electrons. The van der Waals surface area contributed by atoms with Gasteiger partial charge in [0.2, 0.25) is 20.0 Å². The van der Waals surface area contributed by atoms with Crippen molar-refractivity contribution in [3.63, 3.8) is 0 Å². The average molecular weight is 535 g/mol. The number of halogens is 3. The van der Waals surface area contributed by atoms with Crippen molar-refractivity contribution in [3.05, 3.63) is 41.5 Å². The maximum absolute atomic E-state index is 13.5. The molecule has 1 aromatic carbocycles. The van der Waals surface area contributed by atoms with E-state index in [9.17, 15) is 34.8 Å². The molecule has 0 radical (unpaired) electrons. The van der Waals surface area contributed by atoms with Gasteiger partial charge in [0.1, 0.15) is 4.90 Å². The number of anilines is 1. The first-order valence-corrected chi connectivity index (χ1v) is 13.7. The number of fused-ring (bicyclic) bond motifs is 2. The molecule has 5 rings (SSSR count). The molecule has 0 spiro atoms. The van der Waals surface area contributed by atoms with E-state index in [0.717, 1.165) is 6.20 Å². The molecule has 2 aromatic rings. The number of aromatic nitrogens is 1. The summed E-state index contributed by atoms with van der Waals surface area (Å²) in [5.41, 5.74) is -0.639. The summed E-state index contributed by atoms with van der Waals surface area (Å²) in [7, 11) is -6.36. The van der Waals surface area contributed by atoms with Crippen LogP contribution in [0.1, 0.15) is 23.3 Å². The molecule has 0 bridgehead atoms. The quantitative estimate of drug-likeness (QED) is 0.567. The van der Waals surface area contributed by atoms with Crippen molar-refractivity contribution in [1.82, 2.24) is 13.6 Å². The Hall–Kier alpha value is -2.62. The van der Waals surface area contributed by atoms with Crippen molar-refractivity contribution in [2.45, 2.75) is 29.0 Å². The van der Waals surface area contributed by atoms with Crippen LogP contribution in [0.4, 0.5) is 18.9 Å². The van der Waals surface area contributed by atoms with Crippen LogP contribution in [0.5, 0.6) is 5.75 Å². The van der Waals surface area contributed by atoms with Gasteiger partial charge in [-0.1, -0.05) is 0 Å². The predicted molar refractivity (Wildman–Crippen MR) is 116 cm³/mol. The fourth-order valence-corrected chi connectivity index (χ4v) is 7.77. The Morgan fingerprint density at radius 2 is 1.83 bits per heavy atom. The Bertz CT molecular complexity index is 1420. The summed E-state index contributed by atoms with van der Waals surface area (Å²) in [6, 6.07) is 0.449. The van der Waals surface area contributed by atoms with Crippen LogP contribution in [0.25, 0.3) is 0 Å². The molecule has 10 nitrogen and oxygen atoms in total. The number of carbonyl (C=O) groups is 1. The van der Waals surface area contributed by atoms with E-state index in [1.54, 1.807) is 0 Å². The minimum Gasteiger partial charge on any atom is -0.489 e. The normalized spacial score (nSPS) is 24.1. The smallest absolute Gasteiger partial charge is 0.276 e. The predicted octanol–water partition coefficient (Wildman–Crippen LogP) is 1.16. The van der Waals surface area contributed by atoms with E-state index in [1.807, 2.05) is 0 Å². The van der Waals surface area contributed by atoms with E-state index >= 15 is 0 Å². The number of amides is 1. The number of carbonyl (C=O) groups excluding carboxylic acids is 1. The molecule has 2 atom stereocenters. The summed E-state index contributed by atoms with van der Waals surface area (Å²) in [5, 5.41) is 1.77. The van der Waals surface area contributed by atoms with E-state index in [0.29, 0.717) is 25.0 Å². The summed E-state index contributed by atoms with van der Waals surface area (Å²) in [6.07, 6.45) is 2.29. The number of hydrogen-bond donors (Lipinski definition) is 2. The minimum absolute atomic E-state index is 0.0245. The van der Waals surface area contributed by atoms with E-state index < -0.39 is 60.6 Å². The van der Waals surface area contributed by atoms with E-state index in [4.69, 9.17) is 4.74 Å². The highest BCUT2D eigenvalue weighted by Crippen LogP contribution is 2.37. The monoisotopic (exact) mass is 534 g/mol. The number of hydrogen-bond acceptors (Lipinski definition) is 6. The van der Waals surface area contributed by atoms with Gasteiger partial charge in [-0.2, -0.15) is 4.31 Å². The third-order valence-corrected chi connectivity index (χ3v) is 10.1.